The molecule has 7 nitrogen and oxygen atoms in total. The van der Waals surface area contributed by atoms with Crippen LogP contribution in [0.3, 0.4) is 0 Å². The molecule has 0 saturated carbocycles. The van der Waals surface area contributed by atoms with Crippen LogP contribution in [0.2, 0.25) is 10.0 Å². The first kappa shape index (κ1) is 15.6. The van der Waals surface area contributed by atoms with Crippen LogP contribution >= 0.6 is 23.2 Å². The predicted molar refractivity (Wildman–Crippen MR) is 77.4 cm³/mol. The average Bonchev–Trinajstić information content (AvgIpc) is 2.72. The molecule has 10 heteroatoms. The van der Waals surface area contributed by atoms with E-state index in [0.717, 1.165) is 12.1 Å². The van der Waals surface area contributed by atoms with E-state index in [4.69, 9.17) is 28.3 Å². The van der Waals surface area contributed by atoms with Gasteiger partial charge in [0.1, 0.15) is 4.90 Å². The van der Waals surface area contributed by atoms with Crippen molar-refractivity contribution in [3.63, 3.8) is 0 Å². The van der Waals surface area contributed by atoms with Gasteiger partial charge in [0.2, 0.25) is 0 Å². The van der Waals surface area contributed by atoms with Gasteiger partial charge in [-0.05, 0) is 12.1 Å². The number of nitrogens with zero attached hydrogens (tertiary/aromatic N) is 2. The van der Waals surface area contributed by atoms with Gasteiger partial charge < -0.3 is 5.11 Å². The van der Waals surface area contributed by atoms with Crippen molar-refractivity contribution in [3.05, 3.63) is 40.0 Å². The highest BCUT2D eigenvalue weighted by molar-refractivity contribution is 7.92. The zero-order valence-corrected chi connectivity index (χ0v) is 12.9. The summed E-state index contributed by atoms with van der Waals surface area (Å²) in [5.41, 5.74) is -0.470. The Bertz CT molecular complexity index is 817. The number of aromatic nitrogens is 2. The number of hydrogen-bond acceptors (Lipinski definition) is 4. The number of aryl methyl sites for hydroxylation is 1. The van der Waals surface area contributed by atoms with Crippen molar-refractivity contribution in [2.24, 2.45) is 7.05 Å². The molecule has 2 rings (SSSR count). The summed E-state index contributed by atoms with van der Waals surface area (Å²) < 4.78 is 28.1. The molecule has 1 aromatic carbocycles. The number of aromatic carboxylic acids is 1. The number of nitrogens with one attached hydrogen (secondary N) is 1. The van der Waals surface area contributed by atoms with Gasteiger partial charge in [0.05, 0.1) is 15.6 Å². The van der Waals surface area contributed by atoms with Crippen molar-refractivity contribution >= 4 is 45.0 Å². The van der Waals surface area contributed by atoms with E-state index >= 15 is 0 Å². The van der Waals surface area contributed by atoms with Crippen molar-refractivity contribution in [2.45, 2.75) is 4.90 Å². The zero-order valence-electron chi connectivity index (χ0n) is 10.5. The third-order valence-electron chi connectivity index (χ3n) is 2.51. The van der Waals surface area contributed by atoms with Crippen LogP contribution in [-0.4, -0.2) is 29.3 Å². The Labute approximate surface area is 130 Å². The van der Waals surface area contributed by atoms with Gasteiger partial charge in [-0.3, -0.25) is 9.40 Å². The molecular formula is C11H9Cl2N3O4S. The van der Waals surface area contributed by atoms with Gasteiger partial charge >= 0.3 is 5.97 Å². The second-order valence-electron chi connectivity index (χ2n) is 4.02. The smallest absolute Gasteiger partial charge is 0.338 e. The van der Waals surface area contributed by atoms with Crippen LogP contribution in [0.25, 0.3) is 0 Å². The molecule has 21 heavy (non-hydrogen) atoms. The van der Waals surface area contributed by atoms with Crippen molar-refractivity contribution in [3.8, 4) is 0 Å². The predicted octanol–water partition coefficient (Wildman–Crippen LogP) is 2.23. The zero-order chi connectivity index (χ0) is 15.8. The van der Waals surface area contributed by atoms with Gasteiger partial charge in [-0.1, -0.05) is 23.2 Å². The van der Waals surface area contributed by atoms with E-state index in [-0.39, 0.29) is 10.8 Å². The van der Waals surface area contributed by atoms with Crippen LogP contribution in [0.4, 0.5) is 5.82 Å². The van der Waals surface area contributed by atoms with Gasteiger partial charge in [-0.15, -0.1) is 0 Å². The van der Waals surface area contributed by atoms with Gasteiger partial charge in [-0.2, -0.15) is 5.10 Å². The monoisotopic (exact) mass is 349 g/mol. The first-order valence-corrected chi connectivity index (χ1v) is 7.70. The highest BCUT2D eigenvalue weighted by Crippen LogP contribution is 2.31. The summed E-state index contributed by atoms with van der Waals surface area (Å²) in [4.78, 5) is 10.7. The fraction of sp³-hybridized carbons (Fsp3) is 0.0909. The molecule has 112 valence electrons. The first-order valence-electron chi connectivity index (χ1n) is 5.46. The van der Waals surface area contributed by atoms with Crippen molar-refractivity contribution in [2.75, 3.05) is 4.72 Å². The molecule has 0 aliphatic rings. The van der Waals surface area contributed by atoms with Crippen LogP contribution in [-0.2, 0) is 17.1 Å². The van der Waals surface area contributed by atoms with Crippen LogP contribution in [0, 0.1) is 0 Å². The summed E-state index contributed by atoms with van der Waals surface area (Å²) >= 11 is 11.6. The van der Waals surface area contributed by atoms with Gasteiger partial charge in [0, 0.05) is 19.3 Å². The molecule has 2 N–H and O–H groups in total. The lowest BCUT2D eigenvalue weighted by molar-refractivity contribution is 0.0697. The molecule has 1 heterocycles. The lowest BCUT2D eigenvalue weighted by atomic mass is 10.2. The van der Waals surface area contributed by atoms with Gasteiger partial charge in [-0.25, -0.2) is 13.2 Å². The Hall–Kier alpha value is -1.77. The third-order valence-corrected chi connectivity index (χ3v) is 4.73. The number of sulfonamides is 1. The average molecular weight is 350 g/mol. The summed E-state index contributed by atoms with van der Waals surface area (Å²) in [5, 5.41) is 12.3. The first-order chi connectivity index (χ1) is 9.72. The number of carboxylic acids is 1. The van der Waals surface area contributed by atoms with E-state index < -0.39 is 31.5 Å². The van der Waals surface area contributed by atoms with Crippen molar-refractivity contribution in [1.82, 2.24) is 9.78 Å². The summed E-state index contributed by atoms with van der Waals surface area (Å²) in [5.74, 6) is -1.33. The topological polar surface area (TPSA) is 101 Å². The summed E-state index contributed by atoms with van der Waals surface area (Å²) in [6, 6.07) is 3.73. The lowest BCUT2D eigenvalue weighted by Gasteiger charge is -2.10. The summed E-state index contributed by atoms with van der Waals surface area (Å²) in [7, 11) is -2.46. The number of anilines is 1. The number of carbonyl (C=O) groups is 1. The number of hydrogen-bond donors (Lipinski definition) is 2. The SMILES string of the molecule is Cn1ccc(NS(=O)(=O)c2ccc(Cl)c(C(=O)O)c2Cl)n1. The third kappa shape index (κ3) is 3.12. The molecule has 2 aromatic rings. The normalized spacial score (nSPS) is 11.4. The van der Waals surface area contributed by atoms with Gasteiger partial charge in [0.15, 0.2) is 5.82 Å². The standard InChI is InChI=1S/C11H9Cl2N3O4S/c1-16-5-4-8(14-16)15-21(19,20)7-3-2-6(12)9(10(7)13)11(17)18/h2-5H,1H3,(H,14,15)(H,17,18). The Morgan fingerprint density at radius 3 is 2.52 bits per heavy atom. The fourth-order valence-electron chi connectivity index (χ4n) is 1.60. The molecule has 0 atom stereocenters. The maximum Gasteiger partial charge on any atom is 0.338 e. The molecule has 0 amide bonds. The molecule has 0 unspecified atom stereocenters. The van der Waals surface area contributed by atoms with E-state index in [1.54, 1.807) is 13.2 Å². The number of rotatable bonds is 4. The van der Waals surface area contributed by atoms with Gasteiger partial charge in [0.25, 0.3) is 10.0 Å². The molecular weight excluding hydrogens is 341 g/mol. The molecule has 0 radical (unpaired) electrons. The molecule has 0 aliphatic heterocycles. The number of halogens is 2. The summed E-state index contributed by atoms with van der Waals surface area (Å²) in [6.07, 6.45) is 1.55. The van der Waals surface area contributed by atoms with Crippen LogP contribution < -0.4 is 4.72 Å². The second-order valence-corrected chi connectivity index (χ2v) is 6.46. The molecule has 0 bridgehead atoms. The molecule has 0 saturated heterocycles. The minimum atomic E-state index is -4.08. The molecule has 1 aromatic heterocycles. The molecule has 0 fully saturated rings. The quantitative estimate of drug-likeness (QED) is 0.881. The van der Waals surface area contributed by atoms with E-state index in [1.165, 1.54) is 10.7 Å². The minimum Gasteiger partial charge on any atom is -0.478 e. The lowest BCUT2D eigenvalue weighted by Crippen LogP contribution is -2.15. The maximum atomic E-state index is 12.2. The highest BCUT2D eigenvalue weighted by atomic mass is 35.5. The molecule has 0 spiro atoms. The van der Waals surface area contributed by atoms with E-state index in [1.807, 2.05) is 0 Å². The van der Waals surface area contributed by atoms with Crippen LogP contribution in [0.5, 0.6) is 0 Å². The second kappa shape index (κ2) is 5.55. The Kier molecular flexibility index (Phi) is 4.13. The maximum absolute atomic E-state index is 12.2. The summed E-state index contributed by atoms with van der Waals surface area (Å²) in [6.45, 7) is 0. The van der Waals surface area contributed by atoms with Crippen molar-refractivity contribution in [1.29, 1.82) is 0 Å². The highest BCUT2D eigenvalue weighted by Gasteiger charge is 2.25. The Morgan fingerprint density at radius 1 is 1.33 bits per heavy atom. The van der Waals surface area contributed by atoms with E-state index in [0.29, 0.717) is 0 Å². The number of carboxylic acid groups (broad SMARTS) is 1. The number of benzene rings is 1. The van der Waals surface area contributed by atoms with E-state index in [9.17, 15) is 13.2 Å². The fourth-order valence-corrected chi connectivity index (χ4v) is 3.52. The Morgan fingerprint density at radius 2 is 2.00 bits per heavy atom. The van der Waals surface area contributed by atoms with Crippen molar-refractivity contribution < 1.29 is 18.3 Å². The Balaban J connectivity index is 2.50. The minimum absolute atomic E-state index is 0.0837. The van der Waals surface area contributed by atoms with E-state index in [2.05, 4.69) is 9.82 Å². The molecule has 0 aliphatic carbocycles. The van der Waals surface area contributed by atoms with Crippen LogP contribution in [0.15, 0.2) is 29.3 Å². The largest absolute Gasteiger partial charge is 0.478 e. The van der Waals surface area contributed by atoms with Crippen LogP contribution in [0.1, 0.15) is 10.4 Å².